The van der Waals surface area contributed by atoms with Crippen LogP contribution in [0.1, 0.15) is 48.9 Å². The molecule has 2 aliphatic rings. The normalized spacial score (nSPS) is 21.2. The second kappa shape index (κ2) is 10.3. The van der Waals surface area contributed by atoms with Crippen LogP contribution < -0.4 is 4.90 Å². The van der Waals surface area contributed by atoms with Crippen molar-refractivity contribution in [3.63, 3.8) is 0 Å². The number of quaternary nitrogens is 1. The minimum Gasteiger partial charge on any atom is -0.507 e. The molecule has 174 valence electrons. The Hall–Kier alpha value is -2.96. The van der Waals surface area contributed by atoms with Gasteiger partial charge in [-0.1, -0.05) is 68.4 Å². The van der Waals surface area contributed by atoms with E-state index in [2.05, 4.69) is 13.8 Å². The number of nitrogens with one attached hydrogen (secondary N) is 1. The Morgan fingerprint density at radius 3 is 2.36 bits per heavy atom. The van der Waals surface area contributed by atoms with Crippen LogP contribution >= 0.6 is 0 Å². The predicted octanol–water partition coefficient (Wildman–Crippen LogP) is 2.54. The molecule has 2 fully saturated rings. The fraction of sp³-hybridized carbons (Fsp3) is 0.407. The number of likely N-dealkylation sites (tertiary alicyclic amines) is 1. The summed E-state index contributed by atoms with van der Waals surface area (Å²) in [7, 11) is 0. The zero-order valence-corrected chi connectivity index (χ0v) is 19.4. The third-order valence-electron chi connectivity index (χ3n) is 6.64. The molecule has 6 nitrogen and oxygen atoms in total. The summed E-state index contributed by atoms with van der Waals surface area (Å²) in [5.74, 6) is -0.894. The maximum atomic E-state index is 13.1. The Morgan fingerprint density at radius 2 is 1.73 bits per heavy atom. The first-order chi connectivity index (χ1) is 16.0. The smallest absolute Gasteiger partial charge is 0.295 e. The molecule has 0 saturated carbocycles. The second-order valence-corrected chi connectivity index (χ2v) is 9.15. The van der Waals surface area contributed by atoms with Gasteiger partial charge >= 0.3 is 0 Å². The lowest BCUT2D eigenvalue weighted by Crippen LogP contribution is -3.14. The molecule has 0 aromatic heterocycles. The summed E-state index contributed by atoms with van der Waals surface area (Å²) in [5.41, 5.74) is 2.74. The number of ketones is 1. The highest BCUT2D eigenvalue weighted by Crippen LogP contribution is 2.39. The third-order valence-corrected chi connectivity index (χ3v) is 6.64. The molecule has 4 rings (SSSR count). The van der Waals surface area contributed by atoms with Gasteiger partial charge in [-0.15, -0.1) is 0 Å². The molecule has 2 aromatic rings. The minimum absolute atomic E-state index is 0.117. The number of benzene rings is 2. The first-order valence-corrected chi connectivity index (χ1v) is 11.8. The van der Waals surface area contributed by atoms with Crippen LogP contribution in [0.2, 0.25) is 0 Å². The van der Waals surface area contributed by atoms with Gasteiger partial charge in [0.2, 0.25) is 0 Å². The van der Waals surface area contributed by atoms with Crippen molar-refractivity contribution >= 4 is 17.4 Å². The number of carbonyl (C=O) groups is 2. The number of morpholine rings is 1. The molecular weight excluding hydrogens is 416 g/mol. The van der Waals surface area contributed by atoms with Crippen LogP contribution in [0.4, 0.5) is 0 Å². The average molecular weight is 450 g/mol. The molecule has 2 saturated heterocycles. The second-order valence-electron chi connectivity index (χ2n) is 9.15. The van der Waals surface area contributed by atoms with E-state index < -0.39 is 17.7 Å². The highest BCUT2D eigenvalue weighted by molar-refractivity contribution is 6.46. The van der Waals surface area contributed by atoms with Gasteiger partial charge in [-0.3, -0.25) is 9.59 Å². The van der Waals surface area contributed by atoms with Crippen molar-refractivity contribution in [3.05, 3.63) is 76.9 Å². The number of ether oxygens (including phenoxy) is 1. The van der Waals surface area contributed by atoms with Crippen LogP contribution in [0.25, 0.3) is 5.76 Å². The summed E-state index contributed by atoms with van der Waals surface area (Å²) in [5, 5.41) is 11.1. The number of aliphatic hydroxyl groups excluding tert-OH is 1. The first-order valence-electron chi connectivity index (χ1n) is 11.8. The number of hydrogen-bond donors (Lipinski definition) is 2. The molecular formula is C27H33N2O4+. The Kier molecular flexibility index (Phi) is 7.26. The van der Waals surface area contributed by atoms with E-state index in [1.807, 2.05) is 42.5 Å². The van der Waals surface area contributed by atoms with Gasteiger partial charge in [-0.25, -0.2) is 0 Å². The van der Waals surface area contributed by atoms with Gasteiger partial charge in [0, 0.05) is 18.5 Å². The zero-order valence-electron chi connectivity index (χ0n) is 19.4. The number of hydrogen-bond acceptors (Lipinski definition) is 4. The van der Waals surface area contributed by atoms with Crippen LogP contribution in [0, 0.1) is 0 Å². The molecule has 0 radical (unpaired) electrons. The van der Waals surface area contributed by atoms with E-state index in [0.717, 1.165) is 44.8 Å². The highest BCUT2D eigenvalue weighted by atomic mass is 16.5. The molecule has 2 aliphatic heterocycles. The molecule has 2 heterocycles. The van der Waals surface area contributed by atoms with Crippen LogP contribution in [-0.4, -0.2) is 61.1 Å². The van der Waals surface area contributed by atoms with Gasteiger partial charge in [0.15, 0.2) is 0 Å². The summed E-state index contributed by atoms with van der Waals surface area (Å²) in [6.07, 6.45) is 0.786. The van der Waals surface area contributed by atoms with Gasteiger partial charge in [0.25, 0.3) is 11.7 Å². The standard InChI is InChI=1S/C27H32N2O4/c1-19(2)20-9-11-21(12-10-20)24-23(25(30)22-7-4-3-5-8-22)26(31)27(32)29(24)14-6-13-28-15-17-33-18-16-28/h3-5,7-12,19,24,30H,6,13-18H2,1-2H3/p+1/t24-/m0/s1. The summed E-state index contributed by atoms with van der Waals surface area (Å²) in [6, 6.07) is 16.4. The maximum absolute atomic E-state index is 13.1. The fourth-order valence-electron chi connectivity index (χ4n) is 4.68. The van der Waals surface area contributed by atoms with Gasteiger partial charge < -0.3 is 19.6 Å². The lowest BCUT2D eigenvalue weighted by atomic mass is 9.93. The van der Waals surface area contributed by atoms with Crippen LogP contribution in [0.15, 0.2) is 60.2 Å². The van der Waals surface area contributed by atoms with E-state index in [1.54, 1.807) is 17.0 Å². The molecule has 1 atom stereocenters. The molecule has 0 unspecified atom stereocenters. The van der Waals surface area contributed by atoms with Gasteiger partial charge in [0.1, 0.15) is 18.8 Å². The number of Topliss-reactive ketones (excluding diaryl/α,β-unsaturated/α-hetero) is 1. The monoisotopic (exact) mass is 449 g/mol. The van der Waals surface area contributed by atoms with Gasteiger partial charge in [0.05, 0.1) is 31.4 Å². The molecule has 0 spiro atoms. The lowest BCUT2D eigenvalue weighted by Gasteiger charge is -2.27. The quantitative estimate of drug-likeness (QED) is 0.387. The van der Waals surface area contributed by atoms with Gasteiger partial charge in [-0.05, 0) is 17.0 Å². The van der Waals surface area contributed by atoms with Crippen molar-refractivity contribution in [1.29, 1.82) is 0 Å². The van der Waals surface area contributed by atoms with Crippen molar-refractivity contribution in [2.75, 3.05) is 39.4 Å². The summed E-state index contributed by atoms with van der Waals surface area (Å²) < 4.78 is 5.43. The lowest BCUT2D eigenvalue weighted by molar-refractivity contribution is -0.908. The van der Waals surface area contributed by atoms with Crippen LogP contribution in [-0.2, 0) is 14.3 Å². The van der Waals surface area contributed by atoms with Crippen molar-refractivity contribution < 1.29 is 24.3 Å². The number of aliphatic hydroxyl groups is 1. The van der Waals surface area contributed by atoms with Crippen LogP contribution in [0.5, 0.6) is 0 Å². The van der Waals surface area contributed by atoms with E-state index in [9.17, 15) is 14.7 Å². The van der Waals surface area contributed by atoms with E-state index in [1.165, 1.54) is 10.5 Å². The van der Waals surface area contributed by atoms with E-state index in [-0.39, 0.29) is 11.3 Å². The van der Waals surface area contributed by atoms with E-state index >= 15 is 0 Å². The van der Waals surface area contributed by atoms with Crippen molar-refractivity contribution in [2.45, 2.75) is 32.2 Å². The van der Waals surface area contributed by atoms with Crippen molar-refractivity contribution in [3.8, 4) is 0 Å². The Labute approximate surface area is 195 Å². The van der Waals surface area contributed by atoms with E-state index in [0.29, 0.717) is 18.0 Å². The molecule has 0 aliphatic carbocycles. The molecule has 1 amide bonds. The maximum Gasteiger partial charge on any atom is 0.295 e. The number of rotatable bonds is 7. The fourth-order valence-corrected chi connectivity index (χ4v) is 4.68. The SMILES string of the molecule is CC(C)c1ccc([C@H]2C(=C(O)c3ccccc3)C(=O)C(=O)N2CCC[NH+]2CCOCC2)cc1. The molecule has 2 N–H and O–H groups in total. The number of nitrogens with zero attached hydrogens (tertiary/aromatic N) is 1. The van der Waals surface area contributed by atoms with E-state index in [4.69, 9.17) is 4.74 Å². The number of carbonyl (C=O) groups excluding carboxylic acids is 2. The summed E-state index contributed by atoms with van der Waals surface area (Å²) >= 11 is 0. The topological polar surface area (TPSA) is 71.3 Å². The molecule has 6 heteroatoms. The third kappa shape index (κ3) is 5.02. The Morgan fingerprint density at radius 1 is 1.06 bits per heavy atom. The molecule has 2 aromatic carbocycles. The van der Waals surface area contributed by atoms with Gasteiger partial charge in [-0.2, -0.15) is 0 Å². The van der Waals surface area contributed by atoms with Crippen molar-refractivity contribution in [1.82, 2.24) is 4.90 Å². The summed E-state index contributed by atoms with van der Waals surface area (Å²) in [4.78, 5) is 29.3. The molecule has 33 heavy (non-hydrogen) atoms. The predicted molar refractivity (Wildman–Crippen MR) is 127 cm³/mol. The molecule has 0 bridgehead atoms. The van der Waals surface area contributed by atoms with Crippen LogP contribution in [0.3, 0.4) is 0 Å². The zero-order chi connectivity index (χ0) is 23.4. The Bertz CT molecular complexity index is 1010. The minimum atomic E-state index is -0.618. The van der Waals surface area contributed by atoms with Crippen molar-refractivity contribution in [2.24, 2.45) is 0 Å². The number of amides is 1. The average Bonchev–Trinajstić information content (AvgIpc) is 3.10. The summed E-state index contributed by atoms with van der Waals surface area (Å²) in [6.45, 7) is 9.11. The highest BCUT2D eigenvalue weighted by Gasteiger charge is 2.45. The largest absolute Gasteiger partial charge is 0.507 e. The first kappa shape index (κ1) is 23.2. The Balaban J connectivity index is 1.66.